The molecule has 1 N–H and O–H groups in total. The fourth-order valence-corrected chi connectivity index (χ4v) is 4.93. The zero-order chi connectivity index (χ0) is 26.7. The molecular formula is C28H33N3O6. The third-order valence-corrected chi connectivity index (χ3v) is 6.64. The summed E-state index contributed by atoms with van der Waals surface area (Å²) in [7, 11) is 0. The molecule has 2 fully saturated rings. The Bertz CT molecular complexity index is 1200. The Balaban J connectivity index is 1.71. The van der Waals surface area contributed by atoms with Crippen molar-refractivity contribution in [2.45, 2.75) is 58.7 Å². The van der Waals surface area contributed by atoms with Crippen LogP contribution in [0.1, 0.15) is 56.5 Å². The molecule has 2 aliphatic rings. The van der Waals surface area contributed by atoms with E-state index in [9.17, 15) is 19.5 Å². The van der Waals surface area contributed by atoms with Crippen LogP contribution in [0.2, 0.25) is 0 Å². The average molecular weight is 508 g/mol. The highest BCUT2D eigenvalue weighted by atomic mass is 16.6. The van der Waals surface area contributed by atoms with Gasteiger partial charge in [0.05, 0.1) is 24.0 Å². The van der Waals surface area contributed by atoms with E-state index in [0.29, 0.717) is 42.9 Å². The van der Waals surface area contributed by atoms with Gasteiger partial charge in [0.1, 0.15) is 17.6 Å². The standard InChI is InChI=1S/C28H33N3O6/c1-5-36-28(35)30-14-11-20(12-15-30)31-24(21-8-6-7-13-29-21)23(26(33)27(31)34)25(32)19-9-10-22(18(4)16-19)37-17(2)3/h6-10,13,16-17,20,24,32H,5,11-12,14-15H2,1-4H3/b25-23+. The Morgan fingerprint density at radius 2 is 1.89 bits per heavy atom. The number of aromatic nitrogens is 1. The zero-order valence-electron chi connectivity index (χ0n) is 21.6. The number of Topliss-reactive ketones (excluding diaryl/α,β-unsaturated/α-hetero) is 1. The van der Waals surface area contributed by atoms with E-state index >= 15 is 0 Å². The lowest BCUT2D eigenvalue weighted by molar-refractivity contribution is -0.142. The number of pyridine rings is 1. The number of piperidine rings is 1. The number of benzene rings is 1. The minimum Gasteiger partial charge on any atom is -0.507 e. The molecule has 0 radical (unpaired) electrons. The SMILES string of the molecule is CCOC(=O)N1CCC(N2C(=O)C(=O)/C(=C(/O)c3ccc(OC(C)C)c(C)c3)C2c2ccccn2)CC1. The van der Waals surface area contributed by atoms with Crippen molar-refractivity contribution < 1.29 is 29.0 Å². The highest BCUT2D eigenvalue weighted by Gasteiger charge is 2.50. The van der Waals surface area contributed by atoms with Crippen LogP contribution >= 0.6 is 0 Å². The van der Waals surface area contributed by atoms with E-state index in [0.717, 1.165) is 5.56 Å². The fraction of sp³-hybridized carbons (Fsp3) is 0.429. The Morgan fingerprint density at radius 3 is 2.49 bits per heavy atom. The molecule has 9 nitrogen and oxygen atoms in total. The summed E-state index contributed by atoms with van der Waals surface area (Å²) in [6, 6.07) is 9.32. The van der Waals surface area contributed by atoms with Gasteiger partial charge in [0.2, 0.25) is 0 Å². The van der Waals surface area contributed by atoms with Crippen molar-refractivity contribution in [3.8, 4) is 5.75 Å². The molecule has 0 aliphatic carbocycles. The predicted octanol–water partition coefficient (Wildman–Crippen LogP) is 4.22. The summed E-state index contributed by atoms with van der Waals surface area (Å²) in [5.74, 6) is -0.995. The first-order valence-corrected chi connectivity index (χ1v) is 12.6. The maximum atomic E-state index is 13.4. The van der Waals surface area contributed by atoms with Crippen LogP contribution < -0.4 is 4.74 Å². The first kappa shape index (κ1) is 26.2. The molecule has 2 aromatic rings. The molecule has 2 saturated heterocycles. The van der Waals surface area contributed by atoms with Crippen LogP contribution in [-0.4, -0.2) is 69.5 Å². The second kappa shape index (κ2) is 11.0. The summed E-state index contributed by atoms with van der Waals surface area (Å²) in [4.78, 5) is 46.5. The number of hydrogen-bond donors (Lipinski definition) is 1. The number of carbonyl (C=O) groups excluding carboxylic acids is 3. The molecule has 2 aliphatic heterocycles. The minimum absolute atomic E-state index is 0.00782. The van der Waals surface area contributed by atoms with Gasteiger partial charge < -0.3 is 24.4 Å². The largest absolute Gasteiger partial charge is 0.507 e. The number of aliphatic hydroxyl groups is 1. The van der Waals surface area contributed by atoms with Gasteiger partial charge in [-0.25, -0.2) is 4.79 Å². The van der Waals surface area contributed by atoms with Gasteiger partial charge in [0.15, 0.2) is 0 Å². The van der Waals surface area contributed by atoms with Crippen molar-refractivity contribution in [3.63, 3.8) is 0 Å². The van der Waals surface area contributed by atoms with Gasteiger partial charge in [0.25, 0.3) is 11.7 Å². The topological polar surface area (TPSA) is 109 Å². The minimum atomic E-state index is -0.841. The van der Waals surface area contributed by atoms with Crippen molar-refractivity contribution in [1.29, 1.82) is 0 Å². The van der Waals surface area contributed by atoms with E-state index in [-0.39, 0.29) is 36.2 Å². The molecule has 1 aromatic carbocycles. The third kappa shape index (κ3) is 5.30. The van der Waals surface area contributed by atoms with E-state index in [1.165, 1.54) is 4.90 Å². The van der Waals surface area contributed by atoms with E-state index in [1.54, 1.807) is 54.4 Å². The normalized spacial score (nSPS) is 20.0. The van der Waals surface area contributed by atoms with E-state index in [2.05, 4.69) is 4.98 Å². The van der Waals surface area contributed by atoms with Crippen LogP contribution in [-0.2, 0) is 14.3 Å². The smallest absolute Gasteiger partial charge is 0.409 e. The average Bonchev–Trinajstić information content (AvgIpc) is 3.15. The van der Waals surface area contributed by atoms with Crippen LogP contribution in [0.15, 0.2) is 48.2 Å². The quantitative estimate of drug-likeness (QED) is 0.354. The molecule has 0 bridgehead atoms. The molecule has 1 aromatic heterocycles. The molecule has 4 rings (SSSR count). The van der Waals surface area contributed by atoms with E-state index in [4.69, 9.17) is 9.47 Å². The number of aliphatic hydroxyl groups excluding tert-OH is 1. The number of hydrogen-bond acceptors (Lipinski definition) is 7. The van der Waals surface area contributed by atoms with E-state index < -0.39 is 17.7 Å². The number of likely N-dealkylation sites (tertiary alicyclic amines) is 2. The summed E-state index contributed by atoms with van der Waals surface area (Å²) >= 11 is 0. The number of rotatable bonds is 6. The lowest BCUT2D eigenvalue weighted by atomic mass is 9.96. The van der Waals surface area contributed by atoms with E-state index in [1.807, 2.05) is 20.8 Å². The highest BCUT2D eigenvalue weighted by molar-refractivity contribution is 6.46. The molecule has 3 heterocycles. The first-order valence-electron chi connectivity index (χ1n) is 12.6. The fourth-order valence-electron chi connectivity index (χ4n) is 4.93. The number of ketones is 1. The zero-order valence-corrected chi connectivity index (χ0v) is 21.6. The lowest BCUT2D eigenvalue weighted by Crippen LogP contribution is -2.48. The molecule has 196 valence electrons. The predicted molar refractivity (Wildman–Crippen MR) is 137 cm³/mol. The van der Waals surface area contributed by atoms with Crippen LogP contribution in [0.5, 0.6) is 5.75 Å². The molecule has 0 saturated carbocycles. The number of nitrogens with zero attached hydrogens (tertiary/aromatic N) is 3. The van der Waals surface area contributed by atoms with Gasteiger partial charge in [-0.1, -0.05) is 6.07 Å². The van der Waals surface area contributed by atoms with Crippen molar-refractivity contribution in [2.24, 2.45) is 0 Å². The second-order valence-electron chi connectivity index (χ2n) is 9.52. The Morgan fingerprint density at radius 1 is 1.16 bits per heavy atom. The van der Waals surface area contributed by atoms with Gasteiger partial charge in [-0.3, -0.25) is 14.6 Å². The maximum Gasteiger partial charge on any atom is 0.409 e. The molecule has 37 heavy (non-hydrogen) atoms. The highest BCUT2D eigenvalue weighted by Crippen LogP contribution is 2.42. The van der Waals surface area contributed by atoms with Gasteiger partial charge in [0, 0.05) is 30.9 Å². The molecule has 1 unspecified atom stereocenters. The monoisotopic (exact) mass is 507 g/mol. The Labute approximate surface area is 216 Å². The Kier molecular flexibility index (Phi) is 7.80. The number of aryl methyl sites for hydroxylation is 1. The summed E-state index contributed by atoms with van der Waals surface area (Å²) in [5.41, 5.74) is 1.72. The molecule has 9 heteroatoms. The molecule has 2 amide bonds. The van der Waals surface area contributed by atoms with Crippen LogP contribution in [0, 0.1) is 6.92 Å². The maximum absolute atomic E-state index is 13.4. The van der Waals surface area contributed by atoms with Gasteiger partial charge in [-0.15, -0.1) is 0 Å². The van der Waals surface area contributed by atoms with Crippen LogP contribution in [0.4, 0.5) is 4.79 Å². The van der Waals surface area contributed by atoms with Crippen molar-refractivity contribution in [3.05, 3.63) is 65.0 Å². The van der Waals surface area contributed by atoms with Crippen molar-refractivity contribution in [1.82, 2.24) is 14.8 Å². The number of ether oxygens (including phenoxy) is 2. The summed E-state index contributed by atoms with van der Waals surface area (Å²) in [6.07, 6.45) is 2.17. The molecule has 1 atom stereocenters. The third-order valence-electron chi connectivity index (χ3n) is 6.64. The lowest BCUT2D eigenvalue weighted by Gasteiger charge is -2.38. The molecular weight excluding hydrogens is 474 g/mol. The van der Waals surface area contributed by atoms with Gasteiger partial charge in [-0.2, -0.15) is 0 Å². The second-order valence-corrected chi connectivity index (χ2v) is 9.52. The van der Waals surface area contributed by atoms with Crippen LogP contribution in [0.3, 0.4) is 0 Å². The molecule has 0 spiro atoms. The summed E-state index contributed by atoms with van der Waals surface area (Å²) in [6.45, 7) is 8.56. The first-order chi connectivity index (χ1) is 17.7. The van der Waals surface area contributed by atoms with Gasteiger partial charge in [-0.05, 0) is 76.4 Å². The summed E-state index contributed by atoms with van der Waals surface area (Å²) < 4.78 is 10.9. The van der Waals surface area contributed by atoms with Gasteiger partial charge >= 0.3 is 6.09 Å². The Hall–Kier alpha value is -3.88. The van der Waals surface area contributed by atoms with Crippen molar-refractivity contribution >= 4 is 23.5 Å². The van der Waals surface area contributed by atoms with Crippen LogP contribution in [0.25, 0.3) is 5.76 Å². The number of amides is 2. The summed E-state index contributed by atoms with van der Waals surface area (Å²) in [5, 5.41) is 11.4. The number of carbonyl (C=O) groups is 3. The van der Waals surface area contributed by atoms with Crippen molar-refractivity contribution in [2.75, 3.05) is 19.7 Å².